The number of guanidine groups is 1. The van der Waals surface area contributed by atoms with Crippen molar-refractivity contribution in [3.8, 4) is 0 Å². The number of hydrogen-bond acceptors (Lipinski definition) is 5. The highest BCUT2D eigenvalue weighted by atomic mass is 32.1. The molecule has 3 heterocycles. The zero-order valence-electron chi connectivity index (χ0n) is 15.1. The van der Waals surface area contributed by atoms with Gasteiger partial charge in [-0.1, -0.05) is 24.3 Å². The highest BCUT2D eigenvalue weighted by Gasteiger charge is 2.19. The summed E-state index contributed by atoms with van der Waals surface area (Å²) in [4.78, 5) is 17.5. The van der Waals surface area contributed by atoms with Crippen LogP contribution in [-0.2, 0) is 13.1 Å². The van der Waals surface area contributed by atoms with Crippen molar-refractivity contribution in [3.05, 3.63) is 65.7 Å². The summed E-state index contributed by atoms with van der Waals surface area (Å²) in [6.45, 7) is 5.02. The van der Waals surface area contributed by atoms with Crippen molar-refractivity contribution in [1.82, 2.24) is 19.4 Å². The third kappa shape index (κ3) is 4.46. The fraction of sp³-hybridized carbons (Fsp3) is 0.316. The highest BCUT2D eigenvalue weighted by Crippen LogP contribution is 2.18. The standard InChI is InChI=1S/C19H23N7S/c20-18(25-8-10-26(11-9-25)19-22-6-12-27-19)23-13-16-1-3-17(4-2-16)14-24-7-5-21-15-24/h1-7,12,15H,8-11,13-14H2,(H2,20,23). The number of anilines is 1. The molecular weight excluding hydrogens is 358 g/mol. The summed E-state index contributed by atoms with van der Waals surface area (Å²) in [5, 5.41) is 3.10. The molecule has 0 unspecified atom stereocenters. The summed E-state index contributed by atoms with van der Waals surface area (Å²) in [6.07, 6.45) is 7.44. The molecule has 0 saturated carbocycles. The molecule has 27 heavy (non-hydrogen) atoms. The van der Waals surface area contributed by atoms with E-state index in [0.717, 1.165) is 43.4 Å². The molecule has 2 aromatic heterocycles. The molecule has 1 saturated heterocycles. The van der Waals surface area contributed by atoms with Crippen molar-refractivity contribution in [3.63, 3.8) is 0 Å². The minimum absolute atomic E-state index is 0.601. The van der Waals surface area contributed by atoms with Crippen molar-refractivity contribution in [2.75, 3.05) is 31.1 Å². The average molecular weight is 382 g/mol. The van der Waals surface area contributed by atoms with E-state index in [0.29, 0.717) is 12.5 Å². The van der Waals surface area contributed by atoms with Gasteiger partial charge in [0.05, 0.1) is 12.9 Å². The Hall–Kier alpha value is -2.87. The Labute approximate surface area is 162 Å². The lowest BCUT2D eigenvalue weighted by atomic mass is 10.1. The number of thiazole rings is 1. The Morgan fingerprint density at radius 3 is 2.52 bits per heavy atom. The first kappa shape index (κ1) is 17.5. The summed E-state index contributed by atoms with van der Waals surface area (Å²) >= 11 is 1.68. The lowest BCUT2D eigenvalue weighted by molar-refractivity contribution is 0.380. The predicted octanol–water partition coefficient (Wildman–Crippen LogP) is 2.02. The number of nitrogens with two attached hydrogens (primary N) is 1. The third-order valence-electron chi connectivity index (χ3n) is 4.66. The SMILES string of the molecule is NC(=NCc1ccc(Cn2ccnc2)cc1)N1CCN(c2nccs2)CC1. The van der Waals surface area contributed by atoms with E-state index in [1.165, 1.54) is 5.56 Å². The Kier molecular flexibility index (Phi) is 5.34. The zero-order chi connectivity index (χ0) is 18.5. The molecule has 0 radical (unpaired) electrons. The molecule has 140 valence electrons. The van der Waals surface area contributed by atoms with Crippen LogP contribution >= 0.6 is 11.3 Å². The van der Waals surface area contributed by atoms with Gasteiger partial charge in [-0.3, -0.25) is 0 Å². The summed E-state index contributed by atoms with van der Waals surface area (Å²) in [7, 11) is 0. The van der Waals surface area contributed by atoms with Crippen LogP contribution in [0.3, 0.4) is 0 Å². The van der Waals surface area contributed by atoms with Gasteiger partial charge in [0.2, 0.25) is 0 Å². The van der Waals surface area contributed by atoms with Crippen LogP contribution in [0.5, 0.6) is 0 Å². The van der Waals surface area contributed by atoms with Crippen LogP contribution in [-0.4, -0.2) is 51.6 Å². The number of aliphatic imine (C=N–C) groups is 1. The number of benzene rings is 1. The van der Waals surface area contributed by atoms with E-state index >= 15 is 0 Å². The number of hydrogen-bond donors (Lipinski definition) is 1. The number of aromatic nitrogens is 3. The van der Waals surface area contributed by atoms with Gasteiger partial charge in [-0.25, -0.2) is 15.0 Å². The second-order valence-electron chi connectivity index (χ2n) is 6.51. The Morgan fingerprint density at radius 1 is 1.07 bits per heavy atom. The summed E-state index contributed by atoms with van der Waals surface area (Å²) in [5.41, 5.74) is 8.62. The minimum atomic E-state index is 0.601. The molecule has 1 aliphatic rings. The Bertz CT molecular complexity index is 848. The van der Waals surface area contributed by atoms with E-state index in [4.69, 9.17) is 5.73 Å². The van der Waals surface area contributed by atoms with Gasteiger partial charge in [0.25, 0.3) is 0 Å². The minimum Gasteiger partial charge on any atom is -0.370 e. The van der Waals surface area contributed by atoms with Crippen LogP contribution in [0.2, 0.25) is 0 Å². The molecule has 0 atom stereocenters. The number of nitrogens with zero attached hydrogens (tertiary/aromatic N) is 6. The molecule has 1 aromatic carbocycles. The maximum absolute atomic E-state index is 6.21. The molecule has 8 heteroatoms. The van der Waals surface area contributed by atoms with Crippen molar-refractivity contribution in [1.29, 1.82) is 0 Å². The molecule has 0 spiro atoms. The van der Waals surface area contributed by atoms with Crippen LogP contribution < -0.4 is 10.6 Å². The number of rotatable bonds is 5. The summed E-state index contributed by atoms with van der Waals surface area (Å²) in [5.74, 6) is 0.622. The maximum atomic E-state index is 6.21. The molecule has 0 bridgehead atoms. The van der Waals surface area contributed by atoms with Gasteiger partial charge >= 0.3 is 0 Å². The van der Waals surface area contributed by atoms with Gasteiger partial charge in [0.15, 0.2) is 11.1 Å². The number of piperazine rings is 1. The van der Waals surface area contributed by atoms with Gasteiger partial charge in [0.1, 0.15) is 0 Å². The highest BCUT2D eigenvalue weighted by molar-refractivity contribution is 7.13. The second kappa shape index (κ2) is 8.22. The van der Waals surface area contributed by atoms with Gasteiger partial charge in [-0.15, -0.1) is 11.3 Å². The van der Waals surface area contributed by atoms with E-state index in [1.807, 2.05) is 24.1 Å². The normalized spacial score (nSPS) is 15.3. The van der Waals surface area contributed by atoms with Crippen LogP contribution in [0.15, 0.2) is 59.6 Å². The first-order valence-corrected chi connectivity index (χ1v) is 9.89. The van der Waals surface area contributed by atoms with Gasteiger partial charge < -0.3 is 20.1 Å². The quantitative estimate of drug-likeness (QED) is 0.541. The fourth-order valence-corrected chi connectivity index (χ4v) is 3.81. The van der Waals surface area contributed by atoms with Crippen molar-refractivity contribution >= 4 is 22.4 Å². The topological polar surface area (TPSA) is 75.6 Å². The van der Waals surface area contributed by atoms with E-state index < -0.39 is 0 Å². The molecule has 3 aromatic rings. The van der Waals surface area contributed by atoms with E-state index in [-0.39, 0.29) is 0 Å². The Morgan fingerprint density at radius 2 is 1.85 bits per heavy atom. The van der Waals surface area contributed by atoms with Gasteiger partial charge in [-0.05, 0) is 11.1 Å². The van der Waals surface area contributed by atoms with Gasteiger partial charge in [-0.2, -0.15) is 0 Å². The molecule has 0 amide bonds. The zero-order valence-corrected chi connectivity index (χ0v) is 15.9. The van der Waals surface area contributed by atoms with E-state index in [9.17, 15) is 0 Å². The lowest BCUT2D eigenvalue weighted by Crippen LogP contribution is -2.51. The number of imidazole rings is 1. The maximum Gasteiger partial charge on any atom is 0.191 e. The molecule has 2 N–H and O–H groups in total. The average Bonchev–Trinajstić information content (AvgIpc) is 3.42. The first-order chi connectivity index (χ1) is 13.3. The van der Waals surface area contributed by atoms with E-state index in [2.05, 4.69) is 53.6 Å². The van der Waals surface area contributed by atoms with Crippen molar-refractivity contribution in [2.45, 2.75) is 13.1 Å². The fourth-order valence-electron chi connectivity index (χ4n) is 3.11. The van der Waals surface area contributed by atoms with Crippen molar-refractivity contribution in [2.24, 2.45) is 10.7 Å². The van der Waals surface area contributed by atoms with Crippen molar-refractivity contribution < 1.29 is 0 Å². The predicted molar refractivity (Wildman–Crippen MR) is 109 cm³/mol. The lowest BCUT2D eigenvalue weighted by Gasteiger charge is -2.35. The van der Waals surface area contributed by atoms with Crippen LogP contribution in [0.1, 0.15) is 11.1 Å². The molecule has 7 nitrogen and oxygen atoms in total. The van der Waals surface area contributed by atoms with Crippen LogP contribution in [0, 0.1) is 0 Å². The molecular formula is C19H23N7S. The third-order valence-corrected chi connectivity index (χ3v) is 5.50. The molecule has 0 aliphatic carbocycles. The molecule has 1 aliphatic heterocycles. The monoisotopic (exact) mass is 381 g/mol. The Balaban J connectivity index is 1.29. The summed E-state index contributed by atoms with van der Waals surface area (Å²) < 4.78 is 2.05. The molecule has 4 rings (SSSR count). The van der Waals surface area contributed by atoms with Crippen LogP contribution in [0.25, 0.3) is 0 Å². The molecule has 1 fully saturated rings. The second-order valence-corrected chi connectivity index (χ2v) is 7.39. The summed E-state index contributed by atoms with van der Waals surface area (Å²) in [6, 6.07) is 8.49. The van der Waals surface area contributed by atoms with Crippen LogP contribution in [0.4, 0.5) is 5.13 Å². The largest absolute Gasteiger partial charge is 0.370 e. The first-order valence-electron chi connectivity index (χ1n) is 9.01. The van der Waals surface area contributed by atoms with E-state index in [1.54, 1.807) is 17.5 Å². The van der Waals surface area contributed by atoms with Gasteiger partial charge in [0, 0.05) is 56.7 Å². The smallest absolute Gasteiger partial charge is 0.191 e.